The van der Waals surface area contributed by atoms with Crippen LogP contribution in [0.2, 0.25) is 0 Å². The van der Waals surface area contributed by atoms with Crippen molar-refractivity contribution in [2.45, 2.75) is 13.0 Å². The van der Waals surface area contributed by atoms with Gasteiger partial charge in [0.2, 0.25) is 0 Å². The molecular formula is C12H15F2NO. The van der Waals surface area contributed by atoms with Crippen molar-refractivity contribution in [1.29, 1.82) is 0 Å². The van der Waals surface area contributed by atoms with Crippen molar-refractivity contribution in [2.75, 3.05) is 13.2 Å². The molecular weight excluding hydrogens is 212 g/mol. The van der Waals surface area contributed by atoms with Crippen molar-refractivity contribution >= 4 is 0 Å². The summed E-state index contributed by atoms with van der Waals surface area (Å²) < 4.78 is 30.7. The van der Waals surface area contributed by atoms with Crippen molar-refractivity contribution in [3.63, 3.8) is 0 Å². The average molecular weight is 227 g/mol. The lowest BCUT2D eigenvalue weighted by Gasteiger charge is -2.06. The number of hydrogen-bond acceptors (Lipinski definition) is 2. The number of hydrogen-bond donors (Lipinski definition) is 1. The van der Waals surface area contributed by atoms with E-state index >= 15 is 0 Å². The Morgan fingerprint density at radius 2 is 2.19 bits per heavy atom. The second-order valence-electron chi connectivity index (χ2n) is 3.30. The van der Waals surface area contributed by atoms with E-state index < -0.39 is 11.6 Å². The zero-order chi connectivity index (χ0) is 11.8. The normalized spacial score (nSPS) is 10.1. The highest BCUT2D eigenvalue weighted by Crippen LogP contribution is 2.08. The van der Waals surface area contributed by atoms with Crippen LogP contribution in [0.1, 0.15) is 12.0 Å². The van der Waals surface area contributed by atoms with E-state index in [-0.39, 0.29) is 0 Å². The molecule has 1 rings (SSSR count). The van der Waals surface area contributed by atoms with Crippen molar-refractivity contribution in [3.8, 4) is 0 Å². The van der Waals surface area contributed by atoms with E-state index in [4.69, 9.17) is 4.74 Å². The predicted octanol–water partition coefficient (Wildman–Crippen LogP) is 2.60. The van der Waals surface area contributed by atoms with Crippen LogP contribution >= 0.6 is 0 Å². The fraction of sp³-hybridized carbons (Fsp3) is 0.333. The molecule has 0 aliphatic heterocycles. The maximum Gasteiger partial charge on any atom is 0.130 e. The Balaban J connectivity index is 2.24. The largest absolute Gasteiger partial charge is 0.502 e. The Bertz CT molecular complexity index is 342. The molecule has 0 saturated heterocycles. The fourth-order valence-electron chi connectivity index (χ4n) is 1.25. The van der Waals surface area contributed by atoms with Gasteiger partial charge in [-0.1, -0.05) is 12.6 Å². The van der Waals surface area contributed by atoms with Gasteiger partial charge in [0.05, 0.1) is 12.9 Å². The minimum atomic E-state index is -0.555. The van der Waals surface area contributed by atoms with E-state index in [1.54, 1.807) is 0 Å². The lowest BCUT2D eigenvalue weighted by Crippen LogP contribution is -2.16. The van der Waals surface area contributed by atoms with Gasteiger partial charge in [0.1, 0.15) is 11.6 Å². The molecule has 0 spiro atoms. The zero-order valence-corrected chi connectivity index (χ0v) is 9.01. The van der Waals surface area contributed by atoms with Gasteiger partial charge >= 0.3 is 0 Å². The molecule has 1 aromatic carbocycles. The first-order chi connectivity index (χ1) is 7.74. The zero-order valence-electron chi connectivity index (χ0n) is 9.01. The first-order valence-corrected chi connectivity index (χ1v) is 5.11. The highest BCUT2D eigenvalue weighted by molar-refractivity contribution is 5.18. The van der Waals surface area contributed by atoms with Crippen LogP contribution in [0.3, 0.4) is 0 Å². The van der Waals surface area contributed by atoms with Crippen LogP contribution in [0.4, 0.5) is 8.78 Å². The molecule has 0 unspecified atom stereocenters. The van der Waals surface area contributed by atoms with Gasteiger partial charge in [0.15, 0.2) is 0 Å². The summed E-state index contributed by atoms with van der Waals surface area (Å²) >= 11 is 0. The topological polar surface area (TPSA) is 21.3 Å². The van der Waals surface area contributed by atoms with Crippen LogP contribution in [0.15, 0.2) is 31.0 Å². The minimum Gasteiger partial charge on any atom is -0.502 e. The summed E-state index contributed by atoms with van der Waals surface area (Å²) in [5, 5.41) is 3.04. The van der Waals surface area contributed by atoms with E-state index in [2.05, 4.69) is 11.9 Å². The van der Waals surface area contributed by atoms with Gasteiger partial charge in [0, 0.05) is 18.2 Å². The summed E-state index contributed by atoms with van der Waals surface area (Å²) in [6.07, 6.45) is 2.20. The molecule has 0 aliphatic carbocycles. The lowest BCUT2D eigenvalue weighted by atomic mass is 10.2. The highest BCUT2D eigenvalue weighted by atomic mass is 19.1. The summed E-state index contributed by atoms with van der Waals surface area (Å²) in [6, 6.07) is 3.58. The molecule has 0 radical (unpaired) electrons. The van der Waals surface area contributed by atoms with Gasteiger partial charge in [-0.3, -0.25) is 0 Å². The van der Waals surface area contributed by atoms with Crippen molar-refractivity contribution in [2.24, 2.45) is 0 Å². The summed E-state index contributed by atoms with van der Waals surface area (Å²) in [4.78, 5) is 0. The van der Waals surface area contributed by atoms with Crippen LogP contribution in [-0.2, 0) is 11.3 Å². The van der Waals surface area contributed by atoms with Crippen LogP contribution in [0, 0.1) is 11.6 Å². The molecule has 0 amide bonds. The van der Waals surface area contributed by atoms with Gasteiger partial charge in [-0.2, -0.15) is 0 Å². The van der Waals surface area contributed by atoms with E-state index in [1.807, 2.05) is 0 Å². The Kier molecular flexibility index (Phi) is 5.50. The third-order valence-corrected chi connectivity index (χ3v) is 2.06. The van der Waals surface area contributed by atoms with Crippen LogP contribution in [0.25, 0.3) is 0 Å². The van der Waals surface area contributed by atoms with E-state index in [0.29, 0.717) is 25.3 Å². The third kappa shape index (κ3) is 4.40. The number of nitrogens with one attached hydrogen (secondary N) is 1. The molecule has 88 valence electrons. The van der Waals surface area contributed by atoms with Crippen LogP contribution < -0.4 is 5.32 Å². The van der Waals surface area contributed by atoms with Crippen LogP contribution in [-0.4, -0.2) is 13.2 Å². The molecule has 0 bridgehead atoms. The molecule has 0 aliphatic rings. The van der Waals surface area contributed by atoms with Gasteiger partial charge in [-0.05, 0) is 19.0 Å². The van der Waals surface area contributed by atoms with Crippen LogP contribution in [0.5, 0.6) is 0 Å². The smallest absolute Gasteiger partial charge is 0.130 e. The molecule has 2 nitrogen and oxygen atoms in total. The molecule has 0 saturated carbocycles. The quantitative estimate of drug-likeness (QED) is 0.571. The molecule has 1 N–H and O–H groups in total. The first-order valence-electron chi connectivity index (χ1n) is 5.11. The molecule has 0 atom stereocenters. The molecule has 0 heterocycles. The van der Waals surface area contributed by atoms with E-state index in [9.17, 15) is 8.78 Å². The van der Waals surface area contributed by atoms with Crippen molar-refractivity contribution in [3.05, 3.63) is 48.2 Å². The van der Waals surface area contributed by atoms with Crippen molar-refractivity contribution < 1.29 is 13.5 Å². The molecule has 0 fully saturated rings. The monoisotopic (exact) mass is 227 g/mol. The molecule has 1 aromatic rings. The predicted molar refractivity (Wildman–Crippen MR) is 58.8 cm³/mol. The van der Waals surface area contributed by atoms with Gasteiger partial charge < -0.3 is 10.1 Å². The summed E-state index contributed by atoms with van der Waals surface area (Å²) in [6.45, 7) is 5.11. The van der Waals surface area contributed by atoms with Gasteiger partial charge in [-0.25, -0.2) is 8.78 Å². The Labute approximate surface area is 93.9 Å². The number of rotatable bonds is 7. The van der Waals surface area contributed by atoms with E-state index in [1.165, 1.54) is 18.4 Å². The second kappa shape index (κ2) is 6.95. The average Bonchev–Trinajstić information content (AvgIpc) is 2.26. The maximum atomic E-state index is 13.2. The number of benzene rings is 1. The lowest BCUT2D eigenvalue weighted by molar-refractivity contribution is 0.244. The third-order valence-electron chi connectivity index (χ3n) is 2.06. The summed E-state index contributed by atoms with van der Waals surface area (Å²) in [5.74, 6) is -1.07. The Morgan fingerprint density at radius 3 is 2.88 bits per heavy atom. The summed E-state index contributed by atoms with van der Waals surface area (Å²) in [5.41, 5.74) is 0.464. The maximum absolute atomic E-state index is 13.2. The summed E-state index contributed by atoms with van der Waals surface area (Å²) in [7, 11) is 0. The standard InChI is InChI=1S/C12H15F2NO/c1-2-16-7-3-6-15-9-10-4-5-11(13)8-12(10)14/h2,4-5,8,15H,1,3,6-7,9H2. The number of halogens is 2. The Morgan fingerprint density at radius 1 is 1.38 bits per heavy atom. The van der Waals surface area contributed by atoms with Gasteiger partial charge in [0.25, 0.3) is 0 Å². The minimum absolute atomic E-state index is 0.389. The van der Waals surface area contributed by atoms with E-state index in [0.717, 1.165) is 12.5 Å². The molecule has 16 heavy (non-hydrogen) atoms. The number of ether oxygens (including phenoxy) is 1. The first kappa shape index (κ1) is 12.6. The Hall–Kier alpha value is -1.42. The molecule has 0 aromatic heterocycles. The molecule has 4 heteroatoms. The highest BCUT2D eigenvalue weighted by Gasteiger charge is 2.02. The second-order valence-corrected chi connectivity index (χ2v) is 3.30. The van der Waals surface area contributed by atoms with Gasteiger partial charge in [-0.15, -0.1) is 0 Å². The fourth-order valence-corrected chi connectivity index (χ4v) is 1.25. The SMILES string of the molecule is C=COCCCNCc1ccc(F)cc1F. The van der Waals surface area contributed by atoms with Crippen molar-refractivity contribution in [1.82, 2.24) is 5.32 Å².